The first-order chi connectivity index (χ1) is 11.8. The van der Waals surface area contributed by atoms with Gasteiger partial charge in [0.1, 0.15) is 11.0 Å². The van der Waals surface area contributed by atoms with Crippen LogP contribution in [0.2, 0.25) is 0 Å². The van der Waals surface area contributed by atoms with Gasteiger partial charge in [0.05, 0.1) is 17.5 Å². The molecule has 0 heterocycles. The van der Waals surface area contributed by atoms with Gasteiger partial charge >= 0.3 is 0 Å². The Kier molecular flexibility index (Phi) is 9.04. The Hall–Kier alpha value is -1.49. The van der Waals surface area contributed by atoms with Crippen LogP contribution in [0, 0.1) is 0 Å². The molecule has 6 heteroatoms. The van der Waals surface area contributed by atoms with Gasteiger partial charge in [-0.05, 0) is 52.3 Å². The van der Waals surface area contributed by atoms with E-state index in [0.717, 1.165) is 17.8 Å². The molecule has 0 aliphatic carbocycles. The quantitative estimate of drug-likeness (QED) is 0.330. The minimum absolute atomic E-state index is 0.262. The average molecular weight is 384 g/mol. The molecule has 0 fully saturated rings. The number of anilines is 1. The lowest BCUT2D eigenvalue weighted by atomic mass is 10.1. The van der Waals surface area contributed by atoms with Crippen molar-refractivity contribution in [3.8, 4) is 0 Å². The third-order valence-corrected chi connectivity index (χ3v) is 3.70. The topological polar surface area (TPSA) is 56.7 Å². The van der Waals surface area contributed by atoms with Crippen molar-refractivity contribution in [2.45, 2.75) is 53.2 Å². The molecule has 3 N–H and O–H groups in total. The van der Waals surface area contributed by atoms with Crippen molar-refractivity contribution in [1.82, 2.24) is 5.32 Å². The summed E-state index contributed by atoms with van der Waals surface area (Å²) in [5, 5.41) is 17.5. The van der Waals surface area contributed by atoms with E-state index in [9.17, 15) is 5.11 Å². The number of nitrogens with one attached hydrogen (secondary N) is 2. The molecule has 0 radical (unpaired) electrons. The fraction of sp³-hybridized carbons (Fsp3) is 0.421. The second-order valence-corrected chi connectivity index (χ2v) is 6.96. The summed E-state index contributed by atoms with van der Waals surface area (Å²) in [4.78, 5) is 4.69. The maximum absolute atomic E-state index is 10.1. The number of halogens is 2. The number of hydrogen-bond acceptors (Lipinski definition) is 3. The summed E-state index contributed by atoms with van der Waals surface area (Å²) in [6, 6.07) is 7.97. The predicted octanol–water partition coefficient (Wildman–Crippen LogP) is 5.51. The van der Waals surface area contributed by atoms with E-state index in [1.54, 1.807) is 13.8 Å². The molecule has 0 spiro atoms. The lowest BCUT2D eigenvalue weighted by Gasteiger charge is -2.18. The van der Waals surface area contributed by atoms with Gasteiger partial charge in [-0.15, -0.1) is 0 Å². The Morgan fingerprint density at radius 2 is 1.88 bits per heavy atom. The second kappa shape index (κ2) is 10.5. The first-order valence-electron chi connectivity index (χ1n) is 8.37. The van der Waals surface area contributed by atoms with Crippen LogP contribution in [0.4, 0.5) is 11.4 Å². The molecule has 0 bridgehead atoms. The summed E-state index contributed by atoms with van der Waals surface area (Å²) >= 11 is 12.4. The van der Waals surface area contributed by atoms with E-state index in [1.807, 2.05) is 37.3 Å². The molecule has 25 heavy (non-hydrogen) atoms. The standard InChI is InChI=1S/C19H27Cl2N3O/c1-6-9-17(21)24-19(18(13(4)20)14(5)25)23-16-11-8-7-10-15(16)22-12(2)3/h7-12,14,22,25H,6H2,1-5H3,(H,23,24)/b17-9+,18-13+. The molecule has 1 aromatic rings. The summed E-state index contributed by atoms with van der Waals surface area (Å²) in [5.41, 5.74) is 2.13. The van der Waals surface area contributed by atoms with Crippen molar-refractivity contribution >= 4 is 40.4 Å². The van der Waals surface area contributed by atoms with Crippen molar-refractivity contribution in [1.29, 1.82) is 0 Å². The summed E-state index contributed by atoms with van der Waals surface area (Å²) < 4.78 is 0. The molecule has 0 aliphatic heterocycles. The minimum Gasteiger partial charge on any atom is -0.389 e. The Balaban J connectivity index is 3.44. The van der Waals surface area contributed by atoms with Gasteiger partial charge in [-0.2, -0.15) is 0 Å². The number of nitrogens with zero attached hydrogens (tertiary/aromatic N) is 1. The number of rotatable bonds is 7. The number of benzene rings is 1. The number of hydrogen-bond donors (Lipinski definition) is 3. The van der Waals surface area contributed by atoms with Crippen LogP contribution in [0.5, 0.6) is 0 Å². The van der Waals surface area contributed by atoms with E-state index < -0.39 is 6.10 Å². The van der Waals surface area contributed by atoms with Crippen LogP contribution in [0.25, 0.3) is 0 Å². The lowest BCUT2D eigenvalue weighted by molar-refractivity contribution is 0.237. The van der Waals surface area contributed by atoms with Crippen molar-refractivity contribution in [3.05, 3.63) is 46.1 Å². The zero-order valence-corrected chi connectivity index (χ0v) is 16.9. The van der Waals surface area contributed by atoms with E-state index in [4.69, 9.17) is 28.2 Å². The number of amidine groups is 1. The molecule has 1 atom stereocenters. The number of aliphatic hydroxyl groups excluding tert-OH is 1. The highest BCUT2D eigenvalue weighted by atomic mass is 35.5. The van der Waals surface area contributed by atoms with Crippen LogP contribution >= 0.6 is 23.2 Å². The van der Waals surface area contributed by atoms with Gasteiger partial charge in [0.25, 0.3) is 0 Å². The molecule has 1 unspecified atom stereocenters. The van der Waals surface area contributed by atoms with Gasteiger partial charge in [0.15, 0.2) is 0 Å². The maximum Gasteiger partial charge on any atom is 0.138 e. The van der Waals surface area contributed by atoms with Crippen molar-refractivity contribution in [2.75, 3.05) is 5.32 Å². The van der Waals surface area contributed by atoms with Crippen molar-refractivity contribution in [2.24, 2.45) is 4.99 Å². The normalized spacial score (nSPS) is 15.1. The van der Waals surface area contributed by atoms with Gasteiger partial charge < -0.3 is 15.7 Å². The fourth-order valence-electron chi connectivity index (χ4n) is 2.27. The zero-order valence-electron chi connectivity index (χ0n) is 15.4. The molecular formula is C19H27Cl2N3O. The maximum atomic E-state index is 10.1. The Morgan fingerprint density at radius 1 is 1.24 bits per heavy atom. The van der Waals surface area contributed by atoms with Crippen LogP contribution in [-0.2, 0) is 0 Å². The number of aliphatic imine (C=N–C) groups is 1. The highest BCUT2D eigenvalue weighted by Crippen LogP contribution is 2.27. The molecule has 1 aromatic carbocycles. The number of aliphatic hydroxyl groups is 1. The number of allylic oxidation sites excluding steroid dienone is 2. The van der Waals surface area contributed by atoms with Crippen LogP contribution in [0.1, 0.15) is 41.0 Å². The van der Waals surface area contributed by atoms with E-state index in [1.165, 1.54) is 0 Å². The SMILES string of the molecule is CC/C=C(\Cl)NC(=Nc1ccccc1NC(C)C)/C(=C(\C)Cl)C(C)O. The Labute approximate surface area is 160 Å². The molecule has 0 amide bonds. The van der Waals surface area contributed by atoms with E-state index in [-0.39, 0.29) is 6.04 Å². The molecule has 0 aliphatic rings. The Bertz CT molecular complexity index is 660. The first kappa shape index (κ1) is 21.6. The van der Waals surface area contributed by atoms with Crippen molar-refractivity contribution in [3.63, 3.8) is 0 Å². The third-order valence-electron chi connectivity index (χ3n) is 3.25. The van der Waals surface area contributed by atoms with E-state index in [0.29, 0.717) is 21.6 Å². The predicted molar refractivity (Wildman–Crippen MR) is 110 cm³/mol. The summed E-state index contributed by atoms with van der Waals surface area (Å²) in [6.45, 7) is 9.47. The van der Waals surface area contributed by atoms with Crippen molar-refractivity contribution < 1.29 is 5.11 Å². The molecule has 0 aromatic heterocycles. The second-order valence-electron chi connectivity index (χ2n) is 5.99. The van der Waals surface area contributed by atoms with Gasteiger partial charge in [0.2, 0.25) is 0 Å². The molecule has 0 saturated heterocycles. The highest BCUT2D eigenvalue weighted by molar-refractivity contribution is 6.33. The monoisotopic (exact) mass is 383 g/mol. The Morgan fingerprint density at radius 3 is 2.40 bits per heavy atom. The van der Waals surface area contributed by atoms with Crippen LogP contribution in [-0.4, -0.2) is 23.1 Å². The minimum atomic E-state index is -0.792. The molecule has 1 rings (SSSR count). The summed E-state index contributed by atoms with van der Waals surface area (Å²) in [7, 11) is 0. The van der Waals surface area contributed by atoms with Gasteiger partial charge in [-0.3, -0.25) is 0 Å². The average Bonchev–Trinajstić information content (AvgIpc) is 2.48. The van der Waals surface area contributed by atoms with Crippen LogP contribution < -0.4 is 10.6 Å². The summed E-state index contributed by atoms with van der Waals surface area (Å²) in [6.07, 6.45) is 1.82. The molecule has 138 valence electrons. The lowest BCUT2D eigenvalue weighted by Crippen LogP contribution is -2.28. The van der Waals surface area contributed by atoms with Gasteiger partial charge in [0, 0.05) is 16.6 Å². The fourth-order valence-corrected chi connectivity index (χ4v) is 2.76. The number of para-hydroxylation sites is 2. The summed E-state index contributed by atoms with van der Waals surface area (Å²) in [5.74, 6) is 0.426. The van der Waals surface area contributed by atoms with Crippen LogP contribution in [0.15, 0.2) is 51.1 Å². The largest absolute Gasteiger partial charge is 0.389 e. The molecular weight excluding hydrogens is 357 g/mol. The highest BCUT2D eigenvalue weighted by Gasteiger charge is 2.17. The van der Waals surface area contributed by atoms with E-state index >= 15 is 0 Å². The van der Waals surface area contributed by atoms with E-state index in [2.05, 4.69) is 24.5 Å². The molecule has 0 saturated carbocycles. The van der Waals surface area contributed by atoms with Crippen LogP contribution in [0.3, 0.4) is 0 Å². The molecule has 4 nitrogen and oxygen atoms in total. The smallest absolute Gasteiger partial charge is 0.138 e. The van der Waals surface area contributed by atoms with Gasteiger partial charge in [-0.1, -0.05) is 42.3 Å². The first-order valence-corrected chi connectivity index (χ1v) is 9.13. The zero-order chi connectivity index (χ0) is 19.0. The third kappa shape index (κ3) is 7.10. The van der Waals surface area contributed by atoms with Gasteiger partial charge in [-0.25, -0.2) is 4.99 Å².